The molecule has 1 aromatic carbocycles. The lowest BCUT2D eigenvalue weighted by molar-refractivity contribution is 0.474. The van der Waals surface area contributed by atoms with Crippen LogP contribution in [-0.2, 0) is 6.42 Å². The van der Waals surface area contributed by atoms with Crippen molar-refractivity contribution in [2.75, 3.05) is 6.54 Å². The Morgan fingerprint density at radius 1 is 1.07 bits per heavy atom. The number of benzene rings is 1. The first-order chi connectivity index (χ1) is 14.1. The molecule has 2 N–H and O–H groups in total. The van der Waals surface area contributed by atoms with E-state index < -0.39 is 5.82 Å². The molecule has 0 aliphatic carbocycles. The van der Waals surface area contributed by atoms with E-state index in [1.54, 1.807) is 35.5 Å². The topological polar surface area (TPSA) is 91.7 Å². The van der Waals surface area contributed by atoms with Gasteiger partial charge in [0.2, 0.25) is 0 Å². The summed E-state index contributed by atoms with van der Waals surface area (Å²) in [6.07, 6.45) is 7.51. The molecular formula is C21H19FN6O. The van der Waals surface area contributed by atoms with Gasteiger partial charge < -0.3 is 10.5 Å². The van der Waals surface area contributed by atoms with Crippen LogP contribution in [0.5, 0.6) is 11.5 Å². The second-order valence-electron chi connectivity index (χ2n) is 6.41. The predicted octanol–water partition coefficient (Wildman–Crippen LogP) is 3.47. The summed E-state index contributed by atoms with van der Waals surface area (Å²) in [5.41, 5.74) is 7.73. The highest BCUT2D eigenvalue weighted by molar-refractivity contribution is 5.64. The highest BCUT2D eigenvalue weighted by atomic mass is 19.1. The molecule has 7 nitrogen and oxygen atoms in total. The van der Waals surface area contributed by atoms with E-state index in [2.05, 4.69) is 20.1 Å². The summed E-state index contributed by atoms with van der Waals surface area (Å²) in [5.74, 6) is 1.47. The van der Waals surface area contributed by atoms with Gasteiger partial charge in [-0.3, -0.25) is 0 Å². The number of aromatic nitrogens is 5. The molecule has 0 atom stereocenters. The maximum atomic E-state index is 13.9. The minimum Gasteiger partial charge on any atom is -0.453 e. The molecule has 4 aromatic rings. The van der Waals surface area contributed by atoms with Gasteiger partial charge in [-0.25, -0.2) is 24.0 Å². The molecule has 8 heteroatoms. The normalized spacial score (nSPS) is 10.9. The Kier molecular flexibility index (Phi) is 5.26. The van der Waals surface area contributed by atoms with Crippen LogP contribution in [0.1, 0.15) is 11.3 Å². The van der Waals surface area contributed by atoms with Crippen molar-refractivity contribution in [3.8, 4) is 28.7 Å². The monoisotopic (exact) mass is 390 g/mol. The van der Waals surface area contributed by atoms with E-state index in [0.717, 1.165) is 5.56 Å². The quantitative estimate of drug-likeness (QED) is 0.542. The number of pyridine rings is 1. The van der Waals surface area contributed by atoms with Gasteiger partial charge in [0, 0.05) is 24.7 Å². The lowest BCUT2D eigenvalue weighted by Crippen LogP contribution is -2.04. The first-order valence-corrected chi connectivity index (χ1v) is 9.10. The second-order valence-corrected chi connectivity index (χ2v) is 6.41. The maximum absolute atomic E-state index is 13.9. The first kappa shape index (κ1) is 18.7. The van der Waals surface area contributed by atoms with Crippen LogP contribution in [-0.4, -0.2) is 31.3 Å². The van der Waals surface area contributed by atoms with Crippen molar-refractivity contribution in [1.29, 1.82) is 0 Å². The second kappa shape index (κ2) is 8.15. The van der Waals surface area contributed by atoms with Crippen molar-refractivity contribution in [3.05, 3.63) is 78.3 Å². The third kappa shape index (κ3) is 4.12. The van der Waals surface area contributed by atoms with Gasteiger partial charge in [0.05, 0.1) is 11.8 Å². The molecule has 3 aromatic heterocycles. The molecule has 29 heavy (non-hydrogen) atoms. The molecule has 0 radical (unpaired) electrons. The van der Waals surface area contributed by atoms with Crippen LogP contribution >= 0.6 is 0 Å². The summed E-state index contributed by atoms with van der Waals surface area (Å²) in [6, 6.07) is 9.79. The van der Waals surface area contributed by atoms with Crippen molar-refractivity contribution in [3.63, 3.8) is 0 Å². The fourth-order valence-corrected chi connectivity index (χ4v) is 2.82. The minimum atomic E-state index is -0.418. The molecule has 0 fully saturated rings. The van der Waals surface area contributed by atoms with Crippen LogP contribution in [0.3, 0.4) is 0 Å². The molecule has 0 saturated heterocycles. The van der Waals surface area contributed by atoms with Gasteiger partial charge in [-0.1, -0.05) is 6.07 Å². The average molecular weight is 390 g/mol. The Labute approximate surface area is 167 Å². The van der Waals surface area contributed by atoms with Gasteiger partial charge in [-0.15, -0.1) is 0 Å². The van der Waals surface area contributed by atoms with Crippen molar-refractivity contribution in [2.24, 2.45) is 5.73 Å². The molecule has 0 aliphatic heterocycles. The lowest BCUT2D eigenvalue weighted by Gasteiger charge is -2.10. The molecule has 0 unspecified atom stereocenters. The predicted molar refractivity (Wildman–Crippen MR) is 106 cm³/mol. The van der Waals surface area contributed by atoms with E-state index in [4.69, 9.17) is 10.5 Å². The zero-order valence-corrected chi connectivity index (χ0v) is 15.8. The van der Waals surface area contributed by atoms with E-state index in [-0.39, 0.29) is 0 Å². The van der Waals surface area contributed by atoms with Gasteiger partial charge in [-0.2, -0.15) is 5.10 Å². The summed E-state index contributed by atoms with van der Waals surface area (Å²) in [5, 5.41) is 4.43. The third-order valence-corrected chi connectivity index (χ3v) is 4.28. The summed E-state index contributed by atoms with van der Waals surface area (Å²) in [4.78, 5) is 13.0. The van der Waals surface area contributed by atoms with Crippen LogP contribution in [0.2, 0.25) is 0 Å². The number of hydrogen-bond donors (Lipinski definition) is 1. The largest absolute Gasteiger partial charge is 0.453 e. The number of hydrogen-bond acceptors (Lipinski definition) is 6. The van der Waals surface area contributed by atoms with E-state index in [1.807, 2.05) is 25.1 Å². The smallest absolute Gasteiger partial charge is 0.168 e. The molecule has 0 bridgehead atoms. The number of nitrogens with two attached hydrogens (primary N) is 1. The average Bonchev–Trinajstić information content (AvgIpc) is 3.10. The van der Waals surface area contributed by atoms with Crippen LogP contribution < -0.4 is 10.5 Å². The van der Waals surface area contributed by atoms with Gasteiger partial charge >= 0.3 is 0 Å². The highest BCUT2D eigenvalue weighted by Crippen LogP contribution is 2.33. The van der Waals surface area contributed by atoms with Gasteiger partial charge in [0.1, 0.15) is 17.3 Å². The van der Waals surface area contributed by atoms with Crippen LogP contribution in [0.25, 0.3) is 17.2 Å². The fourth-order valence-electron chi connectivity index (χ4n) is 2.82. The van der Waals surface area contributed by atoms with E-state index in [0.29, 0.717) is 47.4 Å². The zero-order chi connectivity index (χ0) is 20.2. The van der Waals surface area contributed by atoms with Crippen molar-refractivity contribution < 1.29 is 9.13 Å². The molecular weight excluding hydrogens is 371 g/mol. The Morgan fingerprint density at radius 2 is 1.90 bits per heavy atom. The maximum Gasteiger partial charge on any atom is 0.168 e. The summed E-state index contributed by atoms with van der Waals surface area (Å²) >= 11 is 0. The Morgan fingerprint density at radius 3 is 2.62 bits per heavy atom. The first-order valence-electron chi connectivity index (χ1n) is 9.10. The van der Waals surface area contributed by atoms with Crippen LogP contribution in [0.4, 0.5) is 4.39 Å². The number of aryl methyl sites for hydroxylation is 1. The van der Waals surface area contributed by atoms with Crippen LogP contribution in [0.15, 0.2) is 61.2 Å². The van der Waals surface area contributed by atoms with Gasteiger partial charge in [0.15, 0.2) is 17.4 Å². The minimum absolute atomic E-state index is 0.306. The van der Waals surface area contributed by atoms with Crippen molar-refractivity contribution in [2.45, 2.75) is 13.3 Å². The van der Waals surface area contributed by atoms with E-state index in [9.17, 15) is 4.39 Å². The molecule has 0 amide bonds. The molecule has 0 saturated carbocycles. The van der Waals surface area contributed by atoms with Crippen molar-refractivity contribution >= 4 is 0 Å². The SMILES string of the molecule is Cc1nn(-c2ccccn2)cc1Oc1cc(F)ccc1-c1ncc(CCN)cn1. The highest BCUT2D eigenvalue weighted by Gasteiger charge is 2.15. The Balaban J connectivity index is 1.67. The number of rotatable bonds is 6. The summed E-state index contributed by atoms with van der Waals surface area (Å²) in [7, 11) is 0. The van der Waals surface area contributed by atoms with E-state index in [1.165, 1.54) is 12.1 Å². The molecule has 0 aliphatic rings. The molecule has 0 spiro atoms. The van der Waals surface area contributed by atoms with Gasteiger partial charge in [0.25, 0.3) is 0 Å². The van der Waals surface area contributed by atoms with Crippen LogP contribution in [0, 0.1) is 12.7 Å². The zero-order valence-electron chi connectivity index (χ0n) is 15.8. The summed E-state index contributed by atoms with van der Waals surface area (Å²) < 4.78 is 21.6. The van der Waals surface area contributed by atoms with E-state index >= 15 is 0 Å². The number of nitrogens with zero attached hydrogens (tertiary/aromatic N) is 5. The number of halogens is 1. The third-order valence-electron chi connectivity index (χ3n) is 4.28. The molecule has 3 heterocycles. The van der Waals surface area contributed by atoms with Crippen molar-refractivity contribution in [1.82, 2.24) is 24.7 Å². The fraction of sp³-hybridized carbons (Fsp3) is 0.143. The molecule has 4 rings (SSSR count). The number of ether oxygens (including phenoxy) is 1. The Bertz CT molecular complexity index is 1110. The Hall–Kier alpha value is -3.65. The van der Waals surface area contributed by atoms with Gasteiger partial charge in [-0.05, 0) is 49.7 Å². The summed E-state index contributed by atoms with van der Waals surface area (Å²) in [6.45, 7) is 2.33. The lowest BCUT2D eigenvalue weighted by atomic mass is 10.1. The molecule has 146 valence electrons. The standard InChI is InChI=1S/C21H19FN6O/c1-14-19(13-28(27-14)20-4-2-3-9-24-20)29-18-10-16(22)5-6-17(18)21-25-11-15(7-8-23)12-26-21/h2-6,9-13H,7-8,23H2,1H3.